The second-order valence-corrected chi connectivity index (χ2v) is 5.66. The van der Waals surface area contributed by atoms with Gasteiger partial charge in [0, 0.05) is 13.1 Å². The van der Waals surface area contributed by atoms with Gasteiger partial charge in [0.15, 0.2) is 5.96 Å². The van der Waals surface area contributed by atoms with Gasteiger partial charge in [-0.3, -0.25) is 0 Å². The number of alkyl halides is 3. The van der Waals surface area contributed by atoms with Gasteiger partial charge in [-0.05, 0) is 42.3 Å². The van der Waals surface area contributed by atoms with Crippen LogP contribution in [0.5, 0.6) is 0 Å². The molecule has 4 nitrogen and oxygen atoms in total. The maximum Gasteiger partial charge on any atom is 0.416 e. The smallest absolute Gasteiger partial charge is 0.357 e. The molecule has 0 aliphatic heterocycles. The van der Waals surface area contributed by atoms with E-state index in [1.165, 1.54) is 0 Å². The largest absolute Gasteiger partial charge is 0.416 e. The second-order valence-electron chi connectivity index (χ2n) is 5.66. The first kappa shape index (κ1) is 23.7. The van der Waals surface area contributed by atoms with Gasteiger partial charge in [-0.15, -0.1) is 24.0 Å². The zero-order valence-corrected chi connectivity index (χ0v) is 17.3. The van der Waals surface area contributed by atoms with E-state index in [0.29, 0.717) is 24.1 Å². The minimum atomic E-state index is -4.65. The Kier molecular flexibility index (Phi) is 9.18. The number of aliphatic imine (C=N–C) groups is 1. The highest BCUT2D eigenvalue weighted by Gasteiger charge is 2.33. The third-order valence-electron chi connectivity index (χ3n) is 3.64. The molecule has 0 radical (unpaired) electrons. The fourth-order valence-electron chi connectivity index (χ4n) is 2.40. The maximum absolute atomic E-state index is 13.2. The Labute approximate surface area is 177 Å². The molecule has 0 fully saturated rings. The third kappa shape index (κ3) is 6.99. The molecule has 0 aliphatic rings. The van der Waals surface area contributed by atoms with Crippen molar-refractivity contribution in [2.24, 2.45) is 4.99 Å². The Hall–Kier alpha value is -2.35. The summed E-state index contributed by atoms with van der Waals surface area (Å²) < 4.78 is 52.4. The molecule has 150 valence electrons. The van der Waals surface area contributed by atoms with Crippen LogP contribution in [0, 0.1) is 17.1 Å². The summed E-state index contributed by atoms with van der Waals surface area (Å²) in [6.45, 7) is 2.42. The monoisotopic (exact) mass is 506 g/mol. The first-order valence-corrected chi connectivity index (χ1v) is 8.20. The van der Waals surface area contributed by atoms with E-state index in [9.17, 15) is 17.6 Å². The fraction of sp³-hybridized carbons (Fsp3) is 0.263. The normalized spacial score (nSPS) is 11.4. The summed E-state index contributed by atoms with van der Waals surface area (Å²) >= 11 is 0. The summed E-state index contributed by atoms with van der Waals surface area (Å²) in [5, 5.41) is 14.7. The van der Waals surface area contributed by atoms with E-state index in [1.54, 1.807) is 24.3 Å². The number of halogens is 5. The lowest BCUT2D eigenvalue weighted by atomic mass is 10.1. The highest BCUT2D eigenvalue weighted by atomic mass is 127. The van der Waals surface area contributed by atoms with Crippen molar-refractivity contribution < 1.29 is 17.6 Å². The molecule has 0 aromatic heterocycles. The van der Waals surface area contributed by atoms with Gasteiger partial charge >= 0.3 is 6.18 Å². The van der Waals surface area contributed by atoms with Crippen LogP contribution in [0.25, 0.3) is 0 Å². The predicted molar refractivity (Wildman–Crippen MR) is 110 cm³/mol. The average Bonchev–Trinajstić information content (AvgIpc) is 2.64. The summed E-state index contributed by atoms with van der Waals surface area (Å²) in [6.07, 6.45) is -4.65. The quantitative estimate of drug-likeness (QED) is 0.270. The molecule has 2 aromatic rings. The summed E-state index contributed by atoms with van der Waals surface area (Å²) in [4.78, 5) is 4.31. The van der Waals surface area contributed by atoms with E-state index in [4.69, 9.17) is 5.26 Å². The number of hydrogen-bond donors (Lipinski definition) is 2. The second kappa shape index (κ2) is 10.8. The molecule has 2 N–H and O–H groups in total. The number of nitriles is 1. The van der Waals surface area contributed by atoms with Gasteiger partial charge in [0.25, 0.3) is 0 Å². The van der Waals surface area contributed by atoms with E-state index < -0.39 is 17.6 Å². The molecule has 0 atom stereocenters. The fourth-order valence-corrected chi connectivity index (χ4v) is 2.40. The summed E-state index contributed by atoms with van der Waals surface area (Å²) in [7, 11) is 0. The van der Waals surface area contributed by atoms with Gasteiger partial charge in [-0.25, -0.2) is 9.38 Å². The van der Waals surface area contributed by atoms with Crippen molar-refractivity contribution in [1.29, 1.82) is 5.26 Å². The molecule has 0 heterocycles. The minimum Gasteiger partial charge on any atom is -0.357 e. The molecule has 0 spiro atoms. The third-order valence-corrected chi connectivity index (χ3v) is 3.64. The lowest BCUT2D eigenvalue weighted by Gasteiger charge is -2.16. The number of nitrogens with one attached hydrogen (secondary N) is 2. The number of benzene rings is 2. The molecule has 0 saturated heterocycles. The van der Waals surface area contributed by atoms with Crippen LogP contribution in [-0.4, -0.2) is 12.5 Å². The topological polar surface area (TPSA) is 60.2 Å². The van der Waals surface area contributed by atoms with Crippen LogP contribution < -0.4 is 10.6 Å². The molecule has 0 bridgehead atoms. The predicted octanol–water partition coefficient (Wildman–Crippen LogP) is 4.59. The van der Waals surface area contributed by atoms with Crippen LogP contribution in [0.3, 0.4) is 0 Å². The number of rotatable bonds is 5. The van der Waals surface area contributed by atoms with Crippen molar-refractivity contribution in [3.05, 3.63) is 70.5 Å². The Balaban J connectivity index is 0.00000392. The molecule has 2 rings (SSSR count). The molecular formula is C19H19F4IN4. The van der Waals surface area contributed by atoms with Crippen LogP contribution in [0.15, 0.2) is 47.5 Å². The molecule has 2 aromatic carbocycles. The molecular weight excluding hydrogens is 487 g/mol. The average molecular weight is 506 g/mol. The van der Waals surface area contributed by atoms with Crippen LogP contribution in [0.2, 0.25) is 0 Å². The van der Waals surface area contributed by atoms with Crippen LogP contribution in [0.1, 0.15) is 29.2 Å². The Morgan fingerprint density at radius 2 is 1.89 bits per heavy atom. The van der Waals surface area contributed by atoms with Gasteiger partial charge in [0.2, 0.25) is 0 Å². The summed E-state index contributed by atoms with van der Waals surface area (Å²) in [6, 6.07) is 11.5. The van der Waals surface area contributed by atoms with Gasteiger partial charge in [0.1, 0.15) is 5.82 Å². The first-order chi connectivity index (χ1) is 12.8. The maximum atomic E-state index is 13.2. The highest BCUT2D eigenvalue weighted by molar-refractivity contribution is 14.0. The van der Waals surface area contributed by atoms with E-state index in [2.05, 4.69) is 15.6 Å². The van der Waals surface area contributed by atoms with E-state index in [1.807, 2.05) is 13.0 Å². The van der Waals surface area contributed by atoms with Gasteiger partial charge < -0.3 is 10.6 Å². The van der Waals surface area contributed by atoms with Crippen LogP contribution in [0.4, 0.5) is 17.6 Å². The SMILES string of the molecule is CCNC(=NCc1cccc(C#N)c1)NCc1ccc(F)cc1C(F)(F)F.I. The number of guanidine groups is 1. The summed E-state index contributed by atoms with van der Waals surface area (Å²) in [5.41, 5.74) is 0.194. The number of hydrogen-bond acceptors (Lipinski definition) is 2. The number of nitrogens with zero attached hydrogens (tertiary/aromatic N) is 2. The Morgan fingerprint density at radius 3 is 2.54 bits per heavy atom. The van der Waals surface area contributed by atoms with E-state index in [-0.39, 0.29) is 42.6 Å². The van der Waals surface area contributed by atoms with Crippen LogP contribution in [-0.2, 0) is 19.3 Å². The van der Waals surface area contributed by atoms with Crippen molar-refractivity contribution in [2.45, 2.75) is 26.2 Å². The molecule has 0 unspecified atom stereocenters. The van der Waals surface area contributed by atoms with Crippen LogP contribution >= 0.6 is 24.0 Å². The molecule has 0 amide bonds. The minimum absolute atomic E-state index is 0. The lowest BCUT2D eigenvalue weighted by Crippen LogP contribution is -2.37. The van der Waals surface area contributed by atoms with Gasteiger partial charge in [0.05, 0.1) is 23.7 Å². The van der Waals surface area contributed by atoms with Crippen molar-refractivity contribution in [3.8, 4) is 6.07 Å². The van der Waals surface area contributed by atoms with Crippen molar-refractivity contribution in [2.75, 3.05) is 6.54 Å². The Morgan fingerprint density at radius 1 is 1.14 bits per heavy atom. The van der Waals surface area contributed by atoms with Gasteiger partial charge in [-0.1, -0.05) is 18.2 Å². The zero-order chi connectivity index (χ0) is 19.9. The van der Waals surface area contributed by atoms with E-state index >= 15 is 0 Å². The van der Waals surface area contributed by atoms with Crippen molar-refractivity contribution >= 4 is 29.9 Å². The molecule has 28 heavy (non-hydrogen) atoms. The highest BCUT2D eigenvalue weighted by Crippen LogP contribution is 2.32. The van der Waals surface area contributed by atoms with Crippen molar-refractivity contribution in [1.82, 2.24) is 10.6 Å². The standard InChI is InChI=1S/C19H18F4N4.HI/c1-2-25-18(26-11-14-5-3-4-13(8-14)10-24)27-12-15-6-7-16(20)9-17(15)19(21,22)23;/h3-9H,2,11-12H2,1H3,(H2,25,26,27);1H. The van der Waals surface area contributed by atoms with Crippen molar-refractivity contribution in [3.63, 3.8) is 0 Å². The zero-order valence-electron chi connectivity index (χ0n) is 15.0. The van der Waals surface area contributed by atoms with Gasteiger partial charge in [-0.2, -0.15) is 18.4 Å². The molecule has 0 aliphatic carbocycles. The Bertz CT molecular complexity index is 860. The lowest BCUT2D eigenvalue weighted by molar-refractivity contribution is -0.138. The first-order valence-electron chi connectivity index (χ1n) is 8.20. The molecule has 9 heteroatoms. The van der Waals surface area contributed by atoms with E-state index in [0.717, 1.165) is 17.7 Å². The molecule has 0 saturated carbocycles. The summed E-state index contributed by atoms with van der Waals surface area (Å²) in [5.74, 6) is -0.624.